The van der Waals surface area contributed by atoms with E-state index < -0.39 is 23.0 Å². The minimum atomic E-state index is -1.88. The van der Waals surface area contributed by atoms with Crippen LogP contribution in [-0.4, -0.2) is 27.1 Å². The lowest BCUT2D eigenvalue weighted by atomic mass is 10.0. The number of hydrogen-bond donors (Lipinski definition) is 3. The molecule has 0 aliphatic rings. The Bertz CT molecular complexity index is 465. The van der Waals surface area contributed by atoms with Gasteiger partial charge in [0, 0.05) is 22.7 Å². The maximum atomic E-state index is 10.7. The van der Waals surface area contributed by atoms with Crippen LogP contribution in [0.5, 0.6) is 0 Å². The van der Waals surface area contributed by atoms with Crippen molar-refractivity contribution in [2.75, 3.05) is 0 Å². The molecule has 0 fully saturated rings. The monoisotopic (exact) mass is 260 g/mol. The molecule has 0 aromatic heterocycles. The van der Waals surface area contributed by atoms with Gasteiger partial charge in [-0.2, -0.15) is 0 Å². The van der Waals surface area contributed by atoms with Crippen molar-refractivity contribution >= 4 is 23.2 Å². The van der Waals surface area contributed by atoms with Crippen LogP contribution in [0.2, 0.25) is 5.02 Å². The quantitative estimate of drug-likeness (QED) is 0.524. The van der Waals surface area contributed by atoms with Gasteiger partial charge in [0.25, 0.3) is 5.69 Å². The third-order valence-electron chi connectivity index (χ3n) is 2.10. The maximum Gasteiger partial charge on any atom is 0.269 e. The van der Waals surface area contributed by atoms with Gasteiger partial charge in [-0.15, -0.1) is 0 Å². The Balaban J connectivity index is 3.16. The largest absolute Gasteiger partial charge is 0.385 e. The van der Waals surface area contributed by atoms with Crippen LogP contribution < -0.4 is 5.73 Å². The lowest BCUT2D eigenvalue weighted by Gasteiger charge is -2.16. The number of rotatable bonds is 4. The molecule has 0 aliphatic carbocycles. The molecule has 7 nitrogen and oxygen atoms in total. The summed E-state index contributed by atoms with van der Waals surface area (Å²) < 4.78 is 0. The van der Waals surface area contributed by atoms with E-state index in [9.17, 15) is 25.1 Å². The smallest absolute Gasteiger partial charge is 0.269 e. The van der Waals surface area contributed by atoms with Gasteiger partial charge in [-0.25, -0.2) is 0 Å². The number of benzene rings is 1. The van der Waals surface area contributed by atoms with Crippen molar-refractivity contribution in [2.24, 2.45) is 5.73 Å². The summed E-state index contributed by atoms with van der Waals surface area (Å²) in [6.45, 7) is 0. The predicted molar refractivity (Wildman–Crippen MR) is 58.3 cm³/mol. The number of non-ortho nitro benzene ring substituents is 1. The van der Waals surface area contributed by atoms with Crippen molar-refractivity contribution in [3.8, 4) is 0 Å². The molecule has 4 N–H and O–H groups in total. The summed E-state index contributed by atoms with van der Waals surface area (Å²) in [6, 6.07) is 3.29. The van der Waals surface area contributed by atoms with E-state index in [0.29, 0.717) is 0 Å². The molecular formula is C9H9ClN2O5. The van der Waals surface area contributed by atoms with Gasteiger partial charge in [0.2, 0.25) is 5.91 Å². The molecule has 0 aliphatic heterocycles. The molecule has 0 saturated carbocycles. The highest BCUT2D eigenvalue weighted by atomic mass is 35.5. The van der Waals surface area contributed by atoms with Crippen LogP contribution in [0.25, 0.3) is 0 Å². The summed E-state index contributed by atoms with van der Waals surface area (Å²) in [7, 11) is 0. The molecule has 0 saturated heterocycles. The van der Waals surface area contributed by atoms with Gasteiger partial charge in [-0.05, 0) is 6.07 Å². The zero-order valence-corrected chi connectivity index (χ0v) is 9.16. The fourth-order valence-corrected chi connectivity index (χ4v) is 1.43. The molecule has 1 aromatic rings. The van der Waals surface area contributed by atoms with Crippen LogP contribution in [-0.2, 0) is 4.79 Å². The number of nitro benzene ring substituents is 1. The van der Waals surface area contributed by atoms with E-state index >= 15 is 0 Å². The lowest BCUT2D eigenvalue weighted by Crippen LogP contribution is -2.34. The van der Waals surface area contributed by atoms with E-state index in [-0.39, 0.29) is 16.3 Å². The average Bonchev–Trinajstić information content (AvgIpc) is 2.27. The molecular weight excluding hydrogens is 252 g/mol. The Morgan fingerprint density at radius 2 is 2.06 bits per heavy atom. The van der Waals surface area contributed by atoms with Crippen LogP contribution in [0.15, 0.2) is 18.2 Å². The first kappa shape index (κ1) is 13.4. The van der Waals surface area contributed by atoms with E-state index in [1.807, 2.05) is 0 Å². The topological polar surface area (TPSA) is 127 Å². The van der Waals surface area contributed by atoms with Gasteiger partial charge in [-0.3, -0.25) is 14.9 Å². The van der Waals surface area contributed by atoms with Crippen molar-refractivity contribution in [3.63, 3.8) is 0 Å². The van der Waals surface area contributed by atoms with Crippen molar-refractivity contribution < 1.29 is 19.9 Å². The molecule has 0 bridgehead atoms. The number of nitrogens with zero attached hydrogens (tertiary/aromatic N) is 1. The molecule has 92 valence electrons. The van der Waals surface area contributed by atoms with Crippen LogP contribution in [0.4, 0.5) is 5.69 Å². The molecule has 1 amide bonds. The highest BCUT2D eigenvalue weighted by Gasteiger charge is 2.26. The Hall–Kier alpha value is -1.70. The second-order valence-corrected chi connectivity index (χ2v) is 3.66. The second-order valence-electron chi connectivity index (χ2n) is 3.25. The number of aliphatic hydroxyl groups excluding tert-OH is 2. The van der Waals surface area contributed by atoms with Gasteiger partial charge in [0.05, 0.1) is 4.92 Å². The molecule has 2 unspecified atom stereocenters. The molecule has 0 spiro atoms. The number of nitrogens with two attached hydrogens (primary N) is 1. The molecule has 0 heterocycles. The van der Waals surface area contributed by atoms with Gasteiger partial charge >= 0.3 is 0 Å². The standard InChI is InChI=1S/C9H9ClN2O5/c10-6-2-1-4(12(16)17)3-5(6)7(13)8(14)9(11)15/h1-3,7-8,13-14H,(H2,11,15). The summed E-state index contributed by atoms with van der Waals surface area (Å²) in [4.78, 5) is 20.5. The number of primary amides is 1. The predicted octanol–water partition coefficient (Wildman–Crippen LogP) is 0.128. The van der Waals surface area contributed by atoms with E-state index in [1.165, 1.54) is 6.07 Å². The third kappa shape index (κ3) is 2.90. The van der Waals surface area contributed by atoms with Gasteiger partial charge in [0.1, 0.15) is 6.10 Å². The Morgan fingerprint density at radius 1 is 1.47 bits per heavy atom. The number of aliphatic hydroxyl groups is 2. The molecule has 0 radical (unpaired) electrons. The highest BCUT2D eigenvalue weighted by Crippen LogP contribution is 2.29. The third-order valence-corrected chi connectivity index (χ3v) is 2.44. The van der Waals surface area contributed by atoms with Crippen LogP contribution in [0.3, 0.4) is 0 Å². The summed E-state index contributed by atoms with van der Waals surface area (Å²) in [5.41, 5.74) is 4.34. The lowest BCUT2D eigenvalue weighted by molar-refractivity contribution is -0.385. The number of carbonyl (C=O) groups is 1. The van der Waals surface area contributed by atoms with Gasteiger partial charge < -0.3 is 15.9 Å². The molecule has 1 rings (SSSR count). The Kier molecular flexibility index (Phi) is 4.00. The van der Waals surface area contributed by atoms with Gasteiger partial charge in [-0.1, -0.05) is 11.6 Å². The van der Waals surface area contributed by atoms with Crippen molar-refractivity contribution in [3.05, 3.63) is 38.9 Å². The average molecular weight is 261 g/mol. The molecule has 17 heavy (non-hydrogen) atoms. The number of nitro groups is 1. The van der Waals surface area contributed by atoms with E-state index in [4.69, 9.17) is 17.3 Å². The van der Waals surface area contributed by atoms with E-state index in [0.717, 1.165) is 12.1 Å². The van der Waals surface area contributed by atoms with E-state index in [2.05, 4.69) is 0 Å². The zero-order valence-electron chi connectivity index (χ0n) is 8.41. The number of amides is 1. The first-order chi connectivity index (χ1) is 7.84. The summed E-state index contributed by atoms with van der Waals surface area (Å²) in [5.74, 6) is -1.15. The number of carbonyl (C=O) groups excluding carboxylic acids is 1. The SMILES string of the molecule is NC(=O)C(O)C(O)c1cc([N+](=O)[O-])ccc1Cl. The Labute approximate surface area is 101 Å². The van der Waals surface area contributed by atoms with Crippen LogP contribution in [0.1, 0.15) is 11.7 Å². The number of hydrogen-bond acceptors (Lipinski definition) is 5. The Morgan fingerprint density at radius 3 is 2.53 bits per heavy atom. The van der Waals surface area contributed by atoms with Crippen molar-refractivity contribution in [1.29, 1.82) is 0 Å². The number of halogens is 1. The fourth-order valence-electron chi connectivity index (χ4n) is 1.20. The first-order valence-electron chi connectivity index (χ1n) is 4.44. The van der Waals surface area contributed by atoms with Crippen molar-refractivity contribution in [2.45, 2.75) is 12.2 Å². The van der Waals surface area contributed by atoms with Crippen LogP contribution in [0, 0.1) is 10.1 Å². The second kappa shape index (κ2) is 5.09. The van der Waals surface area contributed by atoms with E-state index in [1.54, 1.807) is 0 Å². The molecule has 1 aromatic carbocycles. The normalized spacial score (nSPS) is 14.1. The summed E-state index contributed by atoms with van der Waals surface area (Å²) in [5, 5.41) is 29.3. The zero-order chi connectivity index (χ0) is 13.2. The molecule has 2 atom stereocenters. The highest BCUT2D eigenvalue weighted by molar-refractivity contribution is 6.31. The van der Waals surface area contributed by atoms with Gasteiger partial charge in [0.15, 0.2) is 6.10 Å². The first-order valence-corrected chi connectivity index (χ1v) is 4.81. The summed E-state index contributed by atoms with van der Waals surface area (Å²) >= 11 is 5.70. The molecule has 8 heteroatoms. The fraction of sp³-hybridized carbons (Fsp3) is 0.222. The minimum absolute atomic E-state index is 0.0107. The summed E-state index contributed by atoms with van der Waals surface area (Å²) in [6.07, 6.45) is -3.59. The minimum Gasteiger partial charge on any atom is -0.385 e. The van der Waals surface area contributed by atoms with Crippen LogP contribution >= 0.6 is 11.6 Å². The van der Waals surface area contributed by atoms with Crippen molar-refractivity contribution in [1.82, 2.24) is 0 Å². The maximum absolute atomic E-state index is 10.7.